The van der Waals surface area contributed by atoms with Gasteiger partial charge in [-0.2, -0.15) is 18.0 Å². The first kappa shape index (κ1) is 16.9. The second-order valence-electron chi connectivity index (χ2n) is 5.59. The second-order valence-corrected chi connectivity index (χ2v) is 5.59. The summed E-state index contributed by atoms with van der Waals surface area (Å²) in [6.45, 7) is 0.0474. The number of halogens is 3. The molecule has 0 fully saturated rings. The molecule has 0 aliphatic rings. The van der Waals surface area contributed by atoms with E-state index in [-0.39, 0.29) is 23.8 Å². The lowest BCUT2D eigenvalue weighted by molar-refractivity contribution is -0.137. The molecular weight excluding hydrogens is 361 g/mol. The molecule has 4 rings (SSSR count). The van der Waals surface area contributed by atoms with Crippen molar-refractivity contribution in [1.82, 2.24) is 30.4 Å². The number of nitrogens with zero attached hydrogens (tertiary/aromatic N) is 6. The molecule has 0 saturated carbocycles. The zero-order valence-electron chi connectivity index (χ0n) is 13.6. The Morgan fingerprint density at radius 3 is 2.44 bits per heavy atom. The molecule has 0 bridgehead atoms. The molecule has 4 aromatic rings. The van der Waals surface area contributed by atoms with Gasteiger partial charge in [0.2, 0.25) is 17.6 Å². The normalized spacial score (nSPS) is 11.7. The Hall–Kier alpha value is -3.56. The summed E-state index contributed by atoms with van der Waals surface area (Å²) in [6.07, 6.45) is -4.44. The van der Waals surface area contributed by atoms with Gasteiger partial charge in [-0.05, 0) is 29.5 Å². The van der Waals surface area contributed by atoms with Gasteiger partial charge in [-0.3, -0.25) is 0 Å². The van der Waals surface area contributed by atoms with E-state index in [1.807, 2.05) is 30.3 Å². The standard InChI is InChI=1S/C17H11F3N6O/c18-17(19,20)13-8-4-7-12(9-13)15-22-25-26(24-15)10-14-21-23-16(27-14)11-5-2-1-3-6-11/h1-9H,10H2. The molecule has 27 heavy (non-hydrogen) atoms. The van der Waals surface area contributed by atoms with Crippen molar-refractivity contribution in [2.24, 2.45) is 0 Å². The van der Waals surface area contributed by atoms with Crippen LogP contribution in [0.4, 0.5) is 13.2 Å². The van der Waals surface area contributed by atoms with Crippen molar-refractivity contribution in [3.63, 3.8) is 0 Å². The molecule has 0 atom stereocenters. The van der Waals surface area contributed by atoms with E-state index in [4.69, 9.17) is 4.42 Å². The fourth-order valence-electron chi connectivity index (χ4n) is 2.40. The number of aromatic nitrogens is 6. The van der Waals surface area contributed by atoms with E-state index in [0.717, 1.165) is 17.7 Å². The molecule has 0 radical (unpaired) electrons. The highest BCUT2D eigenvalue weighted by Crippen LogP contribution is 2.31. The van der Waals surface area contributed by atoms with Gasteiger partial charge in [-0.15, -0.1) is 20.4 Å². The van der Waals surface area contributed by atoms with Gasteiger partial charge >= 0.3 is 6.18 Å². The summed E-state index contributed by atoms with van der Waals surface area (Å²) in [4.78, 5) is 1.18. The molecule has 2 aromatic carbocycles. The van der Waals surface area contributed by atoms with Crippen LogP contribution >= 0.6 is 0 Å². The summed E-state index contributed by atoms with van der Waals surface area (Å²) in [5.41, 5.74) is 0.208. The highest BCUT2D eigenvalue weighted by molar-refractivity contribution is 5.55. The lowest BCUT2D eigenvalue weighted by atomic mass is 10.1. The van der Waals surface area contributed by atoms with Gasteiger partial charge in [0.05, 0.1) is 5.56 Å². The average molecular weight is 372 g/mol. The third kappa shape index (κ3) is 3.68. The van der Waals surface area contributed by atoms with Crippen LogP contribution in [0, 0.1) is 0 Å². The van der Waals surface area contributed by atoms with Crippen LogP contribution in [0.5, 0.6) is 0 Å². The molecule has 7 nitrogen and oxygen atoms in total. The van der Waals surface area contributed by atoms with Crippen molar-refractivity contribution in [1.29, 1.82) is 0 Å². The molecule has 2 heterocycles. The number of hydrogen-bond acceptors (Lipinski definition) is 6. The fourth-order valence-corrected chi connectivity index (χ4v) is 2.40. The summed E-state index contributed by atoms with van der Waals surface area (Å²) in [5, 5.41) is 19.6. The second kappa shape index (κ2) is 6.63. The Bertz CT molecular complexity index is 1060. The number of alkyl halides is 3. The molecule has 10 heteroatoms. The molecule has 136 valence electrons. The van der Waals surface area contributed by atoms with Crippen LogP contribution in [0.1, 0.15) is 11.5 Å². The van der Waals surface area contributed by atoms with E-state index in [0.29, 0.717) is 5.89 Å². The SMILES string of the molecule is FC(F)(F)c1cccc(-c2nnn(Cc3nnc(-c4ccccc4)o3)n2)c1. The van der Waals surface area contributed by atoms with Gasteiger partial charge < -0.3 is 4.42 Å². The molecule has 2 aromatic heterocycles. The topological polar surface area (TPSA) is 82.5 Å². The lowest BCUT2D eigenvalue weighted by Gasteiger charge is -2.06. The third-order valence-corrected chi connectivity index (χ3v) is 3.67. The number of benzene rings is 2. The molecule has 0 N–H and O–H groups in total. The van der Waals surface area contributed by atoms with Crippen LogP contribution in [0.25, 0.3) is 22.8 Å². The number of tetrazole rings is 1. The molecular formula is C17H11F3N6O. The molecule has 0 spiro atoms. The first-order valence-corrected chi connectivity index (χ1v) is 7.82. The van der Waals surface area contributed by atoms with E-state index < -0.39 is 11.7 Å². The maximum absolute atomic E-state index is 12.8. The first-order chi connectivity index (χ1) is 13.0. The first-order valence-electron chi connectivity index (χ1n) is 7.82. The summed E-state index contributed by atoms with van der Waals surface area (Å²) in [6, 6.07) is 14.0. The maximum atomic E-state index is 12.8. The fraction of sp³-hybridized carbons (Fsp3) is 0.118. The van der Waals surface area contributed by atoms with Crippen molar-refractivity contribution in [3.05, 3.63) is 66.1 Å². The van der Waals surface area contributed by atoms with E-state index in [2.05, 4.69) is 25.6 Å². The average Bonchev–Trinajstić information content (AvgIpc) is 3.32. The minimum absolute atomic E-state index is 0.0474. The highest BCUT2D eigenvalue weighted by Gasteiger charge is 2.30. The van der Waals surface area contributed by atoms with Crippen molar-refractivity contribution >= 4 is 0 Å². The Morgan fingerprint density at radius 2 is 1.67 bits per heavy atom. The van der Waals surface area contributed by atoms with E-state index in [1.54, 1.807) is 0 Å². The van der Waals surface area contributed by atoms with E-state index in [1.165, 1.54) is 16.9 Å². The molecule has 0 saturated heterocycles. The Balaban J connectivity index is 1.53. The van der Waals surface area contributed by atoms with E-state index in [9.17, 15) is 13.2 Å². The van der Waals surface area contributed by atoms with Crippen molar-refractivity contribution in [3.8, 4) is 22.8 Å². The van der Waals surface area contributed by atoms with Crippen LogP contribution in [-0.2, 0) is 12.7 Å². The van der Waals surface area contributed by atoms with Gasteiger partial charge in [0.15, 0.2) is 0 Å². The number of hydrogen-bond donors (Lipinski definition) is 0. The van der Waals surface area contributed by atoms with Crippen LogP contribution < -0.4 is 0 Å². The largest absolute Gasteiger partial charge is 0.419 e. The summed E-state index contributed by atoms with van der Waals surface area (Å²) < 4.78 is 44.0. The maximum Gasteiger partial charge on any atom is 0.416 e. The van der Waals surface area contributed by atoms with Gasteiger partial charge in [0.1, 0.15) is 6.54 Å². The van der Waals surface area contributed by atoms with Gasteiger partial charge in [0.25, 0.3) is 0 Å². The minimum atomic E-state index is -4.44. The predicted molar refractivity (Wildman–Crippen MR) is 87.1 cm³/mol. The summed E-state index contributed by atoms with van der Waals surface area (Å²) in [7, 11) is 0. The molecule has 0 aliphatic carbocycles. The monoisotopic (exact) mass is 372 g/mol. The van der Waals surface area contributed by atoms with Gasteiger partial charge in [-0.1, -0.05) is 30.3 Å². The summed E-state index contributed by atoms with van der Waals surface area (Å²) >= 11 is 0. The predicted octanol–water partition coefficient (Wildman–Crippen LogP) is 3.46. The van der Waals surface area contributed by atoms with Crippen LogP contribution in [-0.4, -0.2) is 30.4 Å². The third-order valence-electron chi connectivity index (χ3n) is 3.67. The van der Waals surface area contributed by atoms with Crippen molar-refractivity contribution in [2.75, 3.05) is 0 Å². The molecule has 0 unspecified atom stereocenters. The molecule has 0 aliphatic heterocycles. The number of rotatable bonds is 4. The summed E-state index contributed by atoms with van der Waals surface area (Å²) in [5.74, 6) is 0.676. The van der Waals surface area contributed by atoms with Crippen molar-refractivity contribution < 1.29 is 17.6 Å². The van der Waals surface area contributed by atoms with Crippen LogP contribution in [0.3, 0.4) is 0 Å². The zero-order chi connectivity index (χ0) is 18.9. The highest BCUT2D eigenvalue weighted by atomic mass is 19.4. The van der Waals surface area contributed by atoms with Crippen LogP contribution in [0.15, 0.2) is 59.0 Å². The molecule has 0 amide bonds. The Morgan fingerprint density at radius 1 is 0.889 bits per heavy atom. The quantitative estimate of drug-likeness (QED) is 0.546. The minimum Gasteiger partial charge on any atom is -0.419 e. The van der Waals surface area contributed by atoms with Crippen LogP contribution in [0.2, 0.25) is 0 Å². The van der Waals surface area contributed by atoms with Gasteiger partial charge in [0, 0.05) is 11.1 Å². The van der Waals surface area contributed by atoms with Gasteiger partial charge in [-0.25, -0.2) is 0 Å². The Labute approximate surface area is 150 Å². The Kier molecular flexibility index (Phi) is 4.15. The van der Waals surface area contributed by atoms with E-state index >= 15 is 0 Å². The lowest BCUT2D eigenvalue weighted by Crippen LogP contribution is -2.05. The van der Waals surface area contributed by atoms with Crippen molar-refractivity contribution in [2.45, 2.75) is 12.7 Å². The smallest absolute Gasteiger partial charge is 0.416 e. The zero-order valence-corrected chi connectivity index (χ0v) is 13.6.